The molecule has 1 fully saturated rings. The highest BCUT2D eigenvalue weighted by Gasteiger charge is 2.27. The first-order chi connectivity index (χ1) is 17.5. The van der Waals surface area contributed by atoms with E-state index in [0.717, 1.165) is 13.1 Å². The molecule has 9 heteroatoms. The molecule has 1 aliphatic heterocycles. The lowest BCUT2D eigenvalue weighted by molar-refractivity contribution is -0.128. The molecule has 2 aromatic carbocycles. The zero-order valence-electron chi connectivity index (χ0n) is 21.1. The summed E-state index contributed by atoms with van der Waals surface area (Å²) >= 11 is 1.41. The van der Waals surface area contributed by atoms with Crippen LogP contribution in [0.25, 0.3) is 0 Å². The number of para-hydroxylation sites is 1. The van der Waals surface area contributed by atoms with Gasteiger partial charge in [0.15, 0.2) is 11.0 Å². The van der Waals surface area contributed by atoms with Gasteiger partial charge in [-0.15, -0.1) is 10.2 Å². The second kappa shape index (κ2) is 12.1. The topological polar surface area (TPSA) is 83.4 Å². The molecule has 0 aliphatic carbocycles. The van der Waals surface area contributed by atoms with Crippen LogP contribution in [0.3, 0.4) is 0 Å². The van der Waals surface area contributed by atoms with Gasteiger partial charge in [0.1, 0.15) is 0 Å². The number of anilines is 1. The number of benzene rings is 2. The van der Waals surface area contributed by atoms with Crippen molar-refractivity contribution in [2.45, 2.75) is 38.5 Å². The average molecular weight is 507 g/mol. The van der Waals surface area contributed by atoms with Crippen molar-refractivity contribution in [1.29, 1.82) is 0 Å². The smallest absolute Gasteiger partial charge is 0.251 e. The van der Waals surface area contributed by atoms with Gasteiger partial charge in [-0.3, -0.25) is 9.59 Å². The summed E-state index contributed by atoms with van der Waals surface area (Å²) in [5, 5.41) is 12.6. The van der Waals surface area contributed by atoms with E-state index in [1.807, 2.05) is 52.8 Å². The highest BCUT2D eigenvalue weighted by molar-refractivity contribution is 7.99. The lowest BCUT2D eigenvalue weighted by Crippen LogP contribution is -2.49. The van der Waals surface area contributed by atoms with Crippen molar-refractivity contribution in [3.63, 3.8) is 0 Å². The zero-order valence-corrected chi connectivity index (χ0v) is 21.9. The molecule has 2 amide bonds. The SMILES string of the molecule is CCn1c(SCC(=O)N2CCN(c3ccccc3)CC2)nnc1C(NC(=O)c1ccccc1)C(C)C. The van der Waals surface area contributed by atoms with E-state index in [2.05, 4.69) is 46.4 Å². The van der Waals surface area contributed by atoms with E-state index in [-0.39, 0.29) is 23.8 Å². The van der Waals surface area contributed by atoms with Crippen LogP contribution in [0.1, 0.15) is 43.0 Å². The van der Waals surface area contributed by atoms with Gasteiger partial charge in [0.05, 0.1) is 11.8 Å². The largest absolute Gasteiger partial charge is 0.368 e. The Hall–Kier alpha value is -3.33. The molecule has 0 bridgehead atoms. The number of thioether (sulfide) groups is 1. The molecule has 36 heavy (non-hydrogen) atoms. The molecule has 190 valence electrons. The molecule has 8 nitrogen and oxygen atoms in total. The summed E-state index contributed by atoms with van der Waals surface area (Å²) in [6.07, 6.45) is 0. The van der Waals surface area contributed by atoms with E-state index in [9.17, 15) is 9.59 Å². The predicted octanol–water partition coefficient (Wildman–Crippen LogP) is 3.87. The number of amides is 2. The number of hydrogen-bond donors (Lipinski definition) is 1. The van der Waals surface area contributed by atoms with Gasteiger partial charge in [-0.25, -0.2) is 0 Å². The van der Waals surface area contributed by atoms with Gasteiger partial charge in [0.25, 0.3) is 5.91 Å². The van der Waals surface area contributed by atoms with Crippen LogP contribution < -0.4 is 10.2 Å². The van der Waals surface area contributed by atoms with Gasteiger partial charge in [-0.05, 0) is 37.1 Å². The Morgan fingerprint density at radius 3 is 2.19 bits per heavy atom. The third-order valence-corrected chi connectivity index (χ3v) is 7.36. The van der Waals surface area contributed by atoms with E-state index in [4.69, 9.17) is 0 Å². The van der Waals surface area contributed by atoms with Crippen molar-refractivity contribution in [3.05, 3.63) is 72.1 Å². The number of carbonyl (C=O) groups is 2. The predicted molar refractivity (Wildman–Crippen MR) is 143 cm³/mol. The van der Waals surface area contributed by atoms with Gasteiger partial charge in [0.2, 0.25) is 5.91 Å². The second-order valence-electron chi connectivity index (χ2n) is 9.14. The highest BCUT2D eigenvalue weighted by Crippen LogP contribution is 2.26. The maximum Gasteiger partial charge on any atom is 0.251 e. The number of piperazine rings is 1. The van der Waals surface area contributed by atoms with Crippen molar-refractivity contribution in [1.82, 2.24) is 25.0 Å². The van der Waals surface area contributed by atoms with Crippen molar-refractivity contribution in [3.8, 4) is 0 Å². The standard InChI is InChI=1S/C27H34N6O2S/c1-4-33-25(24(20(2)3)28-26(35)21-11-7-5-8-12-21)29-30-27(33)36-19-23(34)32-17-15-31(16-18-32)22-13-9-6-10-14-22/h5-14,20,24H,4,15-19H2,1-3H3,(H,28,35). The summed E-state index contributed by atoms with van der Waals surface area (Å²) in [5.41, 5.74) is 1.81. The van der Waals surface area contributed by atoms with Crippen LogP contribution in [0.5, 0.6) is 0 Å². The fourth-order valence-corrected chi connectivity index (χ4v) is 5.26. The van der Waals surface area contributed by atoms with Gasteiger partial charge < -0.3 is 19.7 Å². The first kappa shape index (κ1) is 25.8. The molecule has 1 aromatic heterocycles. The number of carbonyl (C=O) groups excluding carboxylic acids is 2. The lowest BCUT2D eigenvalue weighted by atomic mass is 10.0. The lowest BCUT2D eigenvalue weighted by Gasteiger charge is -2.36. The fraction of sp³-hybridized carbons (Fsp3) is 0.407. The van der Waals surface area contributed by atoms with E-state index >= 15 is 0 Å². The van der Waals surface area contributed by atoms with Gasteiger partial charge in [0, 0.05) is 44.0 Å². The molecule has 2 heterocycles. The summed E-state index contributed by atoms with van der Waals surface area (Å²) in [6.45, 7) is 9.85. The second-order valence-corrected chi connectivity index (χ2v) is 10.1. The highest BCUT2D eigenvalue weighted by atomic mass is 32.2. The van der Waals surface area contributed by atoms with Crippen LogP contribution in [0.2, 0.25) is 0 Å². The molecule has 1 saturated heterocycles. The first-order valence-electron chi connectivity index (χ1n) is 12.5. The van der Waals surface area contributed by atoms with Crippen molar-refractivity contribution >= 4 is 29.3 Å². The molecule has 0 saturated carbocycles. The minimum atomic E-state index is -0.290. The first-order valence-corrected chi connectivity index (χ1v) is 13.5. The molecule has 1 aliphatic rings. The number of rotatable bonds is 9. The van der Waals surface area contributed by atoms with Crippen LogP contribution in [0.4, 0.5) is 5.69 Å². The number of nitrogens with zero attached hydrogens (tertiary/aromatic N) is 5. The van der Waals surface area contributed by atoms with Crippen LogP contribution in [0.15, 0.2) is 65.8 Å². The Bertz CT molecular complexity index is 1140. The molecule has 0 radical (unpaired) electrons. The molecular formula is C27H34N6O2S. The molecular weight excluding hydrogens is 472 g/mol. The van der Waals surface area contributed by atoms with Crippen LogP contribution >= 0.6 is 11.8 Å². The Morgan fingerprint density at radius 2 is 1.58 bits per heavy atom. The van der Waals surface area contributed by atoms with Crippen LogP contribution in [-0.2, 0) is 11.3 Å². The van der Waals surface area contributed by atoms with E-state index in [1.54, 1.807) is 12.1 Å². The number of hydrogen-bond acceptors (Lipinski definition) is 6. The summed E-state index contributed by atoms with van der Waals surface area (Å²) in [7, 11) is 0. The van der Waals surface area contributed by atoms with E-state index < -0.39 is 0 Å². The fourth-order valence-electron chi connectivity index (χ4n) is 4.35. The number of aromatic nitrogens is 3. The van der Waals surface area contributed by atoms with Crippen molar-refractivity contribution in [2.75, 3.05) is 36.8 Å². The van der Waals surface area contributed by atoms with Crippen LogP contribution in [-0.4, -0.2) is 63.4 Å². The van der Waals surface area contributed by atoms with Crippen molar-refractivity contribution < 1.29 is 9.59 Å². The Kier molecular flexibility index (Phi) is 8.64. The van der Waals surface area contributed by atoms with Crippen LogP contribution in [0, 0.1) is 5.92 Å². The summed E-state index contributed by atoms with van der Waals surface area (Å²) in [5.74, 6) is 1.11. The minimum Gasteiger partial charge on any atom is -0.368 e. The summed E-state index contributed by atoms with van der Waals surface area (Å²) in [4.78, 5) is 30.0. The zero-order chi connectivity index (χ0) is 25.5. The van der Waals surface area contributed by atoms with Gasteiger partial charge in [-0.1, -0.05) is 62.0 Å². The molecule has 0 spiro atoms. The normalized spacial score (nSPS) is 14.7. The third kappa shape index (κ3) is 6.07. The van der Waals surface area contributed by atoms with E-state index in [1.165, 1.54) is 17.4 Å². The monoisotopic (exact) mass is 506 g/mol. The molecule has 1 unspecified atom stereocenters. The van der Waals surface area contributed by atoms with Gasteiger partial charge in [-0.2, -0.15) is 0 Å². The molecule has 4 rings (SSSR count). The average Bonchev–Trinajstić information content (AvgIpc) is 3.33. The molecule has 1 atom stereocenters. The molecule has 1 N–H and O–H groups in total. The third-order valence-electron chi connectivity index (χ3n) is 6.41. The maximum absolute atomic E-state index is 12.9. The Labute approximate surface area is 217 Å². The molecule has 3 aromatic rings. The Balaban J connectivity index is 1.37. The Morgan fingerprint density at radius 1 is 0.944 bits per heavy atom. The summed E-state index contributed by atoms with van der Waals surface area (Å²) in [6, 6.07) is 19.2. The number of nitrogens with one attached hydrogen (secondary N) is 1. The van der Waals surface area contributed by atoms with Gasteiger partial charge >= 0.3 is 0 Å². The maximum atomic E-state index is 12.9. The quantitative estimate of drug-likeness (QED) is 0.444. The van der Waals surface area contributed by atoms with E-state index in [0.29, 0.717) is 41.9 Å². The minimum absolute atomic E-state index is 0.109. The summed E-state index contributed by atoms with van der Waals surface area (Å²) < 4.78 is 2.00. The van der Waals surface area contributed by atoms with Crippen molar-refractivity contribution in [2.24, 2.45) is 5.92 Å².